The average Bonchev–Trinajstić information content (AvgIpc) is 2.46. The summed E-state index contributed by atoms with van der Waals surface area (Å²) in [6, 6.07) is 16.0. The van der Waals surface area contributed by atoms with Crippen molar-refractivity contribution in [3.63, 3.8) is 0 Å². The second-order valence-electron chi connectivity index (χ2n) is 4.66. The lowest BCUT2D eigenvalue weighted by Gasteiger charge is -2.18. The Labute approximate surface area is 131 Å². The van der Waals surface area contributed by atoms with Crippen molar-refractivity contribution in [3.05, 3.63) is 64.1 Å². The van der Waals surface area contributed by atoms with Crippen molar-refractivity contribution in [1.29, 1.82) is 0 Å². The van der Waals surface area contributed by atoms with Crippen molar-refractivity contribution in [2.45, 2.75) is 17.9 Å². The lowest BCUT2D eigenvalue weighted by atomic mass is 10.0. The zero-order chi connectivity index (χ0) is 14.5. The van der Waals surface area contributed by atoms with Crippen LogP contribution in [0.3, 0.4) is 0 Å². The van der Waals surface area contributed by atoms with Crippen molar-refractivity contribution < 1.29 is 4.21 Å². The highest BCUT2D eigenvalue weighted by atomic mass is 79.9. The molecule has 2 nitrogen and oxygen atoms in total. The van der Waals surface area contributed by atoms with Crippen molar-refractivity contribution >= 4 is 26.7 Å². The second-order valence-corrected chi connectivity index (χ2v) is 7.08. The molecular weight excluding hydrogens is 334 g/mol. The van der Waals surface area contributed by atoms with Gasteiger partial charge < -0.3 is 5.32 Å². The summed E-state index contributed by atoms with van der Waals surface area (Å²) >= 11 is 3.39. The van der Waals surface area contributed by atoms with Gasteiger partial charge in [0.1, 0.15) is 0 Å². The fraction of sp³-hybridized carbons (Fsp3) is 0.250. The molecule has 106 valence electrons. The zero-order valence-corrected chi connectivity index (χ0v) is 14.0. The standard InChI is InChI=1S/C16H18BrNOS/c1-12-5-3-4-6-15(12)16(18-2)11-20(19)14-9-7-13(17)8-10-14/h3-10,16,18H,11H2,1-2H3. The Morgan fingerprint density at radius 1 is 1.15 bits per heavy atom. The van der Waals surface area contributed by atoms with Crippen LogP contribution in [0.5, 0.6) is 0 Å². The predicted molar refractivity (Wildman–Crippen MR) is 88.4 cm³/mol. The Kier molecular flexibility index (Phi) is 5.52. The highest BCUT2D eigenvalue weighted by molar-refractivity contribution is 9.10. The SMILES string of the molecule is CNC(CS(=O)c1ccc(Br)cc1)c1ccccc1C. The molecule has 0 spiro atoms. The summed E-state index contributed by atoms with van der Waals surface area (Å²) in [5.74, 6) is 0.572. The summed E-state index contributed by atoms with van der Waals surface area (Å²) in [6.07, 6.45) is 0. The highest BCUT2D eigenvalue weighted by Crippen LogP contribution is 2.21. The fourth-order valence-corrected chi connectivity index (χ4v) is 3.69. The minimum absolute atomic E-state index is 0.0979. The summed E-state index contributed by atoms with van der Waals surface area (Å²) in [5.41, 5.74) is 2.43. The third-order valence-corrected chi connectivity index (χ3v) is 5.27. The maximum atomic E-state index is 12.5. The molecule has 0 aliphatic rings. The van der Waals surface area contributed by atoms with Crippen LogP contribution < -0.4 is 5.32 Å². The Morgan fingerprint density at radius 3 is 2.40 bits per heavy atom. The van der Waals surface area contributed by atoms with E-state index >= 15 is 0 Å². The van der Waals surface area contributed by atoms with Crippen LogP contribution in [-0.4, -0.2) is 17.0 Å². The summed E-state index contributed by atoms with van der Waals surface area (Å²) in [7, 11) is 0.899. The molecule has 0 saturated carbocycles. The molecule has 2 atom stereocenters. The van der Waals surface area contributed by atoms with Crippen LogP contribution in [0.25, 0.3) is 0 Å². The molecule has 2 rings (SSSR count). The number of halogens is 1. The number of hydrogen-bond acceptors (Lipinski definition) is 2. The maximum absolute atomic E-state index is 12.5. The molecule has 0 aliphatic heterocycles. The second kappa shape index (κ2) is 7.16. The van der Waals surface area contributed by atoms with Gasteiger partial charge in [-0.3, -0.25) is 4.21 Å². The topological polar surface area (TPSA) is 29.1 Å². The lowest BCUT2D eigenvalue weighted by Crippen LogP contribution is -2.23. The Hall–Kier alpha value is -0.970. The molecule has 4 heteroatoms. The van der Waals surface area contributed by atoms with E-state index in [1.165, 1.54) is 11.1 Å². The van der Waals surface area contributed by atoms with E-state index in [0.717, 1.165) is 9.37 Å². The molecule has 0 saturated heterocycles. The Bertz CT molecular complexity index is 598. The monoisotopic (exact) mass is 351 g/mol. The molecule has 20 heavy (non-hydrogen) atoms. The van der Waals surface area contributed by atoms with E-state index < -0.39 is 10.8 Å². The normalized spacial score (nSPS) is 13.9. The van der Waals surface area contributed by atoms with Gasteiger partial charge in [0.15, 0.2) is 0 Å². The molecule has 0 fully saturated rings. The first-order valence-corrected chi connectivity index (χ1v) is 8.59. The van der Waals surface area contributed by atoms with Crippen LogP contribution in [0.15, 0.2) is 57.9 Å². The minimum Gasteiger partial charge on any atom is -0.312 e. The van der Waals surface area contributed by atoms with Crippen LogP contribution in [0, 0.1) is 6.92 Å². The number of hydrogen-bond donors (Lipinski definition) is 1. The van der Waals surface area contributed by atoms with E-state index in [9.17, 15) is 4.21 Å². The lowest BCUT2D eigenvalue weighted by molar-refractivity contribution is 0.633. The molecular formula is C16H18BrNOS. The molecule has 0 aromatic heterocycles. The molecule has 0 heterocycles. The first kappa shape index (κ1) is 15.4. The van der Waals surface area contributed by atoms with Crippen LogP contribution in [-0.2, 0) is 10.8 Å². The van der Waals surface area contributed by atoms with Gasteiger partial charge in [-0.2, -0.15) is 0 Å². The molecule has 0 amide bonds. The van der Waals surface area contributed by atoms with Crippen LogP contribution >= 0.6 is 15.9 Å². The van der Waals surface area contributed by atoms with Gasteiger partial charge in [0.05, 0.1) is 10.8 Å². The minimum atomic E-state index is -1.01. The summed E-state index contributed by atoms with van der Waals surface area (Å²) in [5, 5.41) is 3.27. The smallest absolute Gasteiger partial charge is 0.0548 e. The third-order valence-electron chi connectivity index (χ3n) is 3.31. The van der Waals surface area contributed by atoms with Crippen LogP contribution in [0.1, 0.15) is 17.2 Å². The van der Waals surface area contributed by atoms with Crippen molar-refractivity contribution in [3.8, 4) is 0 Å². The van der Waals surface area contributed by atoms with Crippen LogP contribution in [0.4, 0.5) is 0 Å². The van der Waals surface area contributed by atoms with Gasteiger partial charge >= 0.3 is 0 Å². The number of aryl methyl sites for hydroxylation is 1. The Balaban J connectivity index is 2.16. The van der Waals surface area contributed by atoms with E-state index in [4.69, 9.17) is 0 Å². The highest BCUT2D eigenvalue weighted by Gasteiger charge is 2.16. The van der Waals surface area contributed by atoms with Gasteiger partial charge in [-0.05, 0) is 49.4 Å². The van der Waals surface area contributed by atoms with Gasteiger partial charge in [-0.15, -0.1) is 0 Å². The largest absolute Gasteiger partial charge is 0.312 e. The summed E-state index contributed by atoms with van der Waals surface area (Å²) < 4.78 is 13.5. The van der Waals surface area contributed by atoms with E-state index in [-0.39, 0.29) is 6.04 Å². The first-order chi connectivity index (χ1) is 9.61. The van der Waals surface area contributed by atoms with Crippen LogP contribution in [0.2, 0.25) is 0 Å². The van der Waals surface area contributed by atoms with E-state index in [1.807, 2.05) is 43.4 Å². The van der Waals surface area contributed by atoms with Gasteiger partial charge in [-0.25, -0.2) is 0 Å². The molecule has 0 radical (unpaired) electrons. The molecule has 2 aromatic rings. The Morgan fingerprint density at radius 2 is 1.80 bits per heavy atom. The molecule has 1 N–H and O–H groups in total. The molecule has 0 bridgehead atoms. The van der Waals surface area contributed by atoms with Gasteiger partial charge in [-0.1, -0.05) is 40.2 Å². The number of rotatable bonds is 5. The molecule has 2 aromatic carbocycles. The third kappa shape index (κ3) is 3.78. The van der Waals surface area contributed by atoms with Crippen molar-refractivity contribution in [1.82, 2.24) is 5.32 Å². The summed E-state index contributed by atoms with van der Waals surface area (Å²) in [4.78, 5) is 0.863. The van der Waals surface area contributed by atoms with Gasteiger partial charge in [0.2, 0.25) is 0 Å². The molecule has 0 aliphatic carbocycles. The molecule has 2 unspecified atom stereocenters. The quantitative estimate of drug-likeness (QED) is 0.886. The van der Waals surface area contributed by atoms with Gasteiger partial charge in [0, 0.05) is 21.2 Å². The van der Waals surface area contributed by atoms with Crippen molar-refractivity contribution in [2.24, 2.45) is 0 Å². The predicted octanol–water partition coefficient (Wildman–Crippen LogP) is 3.83. The van der Waals surface area contributed by atoms with E-state index in [1.54, 1.807) is 0 Å². The van der Waals surface area contributed by atoms with E-state index in [0.29, 0.717) is 5.75 Å². The van der Waals surface area contributed by atoms with Gasteiger partial charge in [0.25, 0.3) is 0 Å². The fourth-order valence-electron chi connectivity index (χ4n) is 2.14. The summed E-state index contributed by atoms with van der Waals surface area (Å²) in [6.45, 7) is 2.09. The first-order valence-electron chi connectivity index (χ1n) is 6.48. The maximum Gasteiger partial charge on any atom is 0.0548 e. The zero-order valence-electron chi connectivity index (χ0n) is 11.6. The average molecular weight is 352 g/mol. The van der Waals surface area contributed by atoms with E-state index in [2.05, 4.69) is 40.3 Å². The van der Waals surface area contributed by atoms with Crippen molar-refractivity contribution in [2.75, 3.05) is 12.8 Å². The number of nitrogens with one attached hydrogen (secondary N) is 1. The number of benzene rings is 2.